The highest BCUT2D eigenvalue weighted by molar-refractivity contribution is 7.92. The lowest BCUT2D eigenvalue weighted by Gasteiger charge is -2.34. The highest BCUT2D eigenvalue weighted by Crippen LogP contribution is 2.32. The SMILES string of the molecule is CCCCNC(=O)C(Cc1ccccc1)N(Cc1ccccc1)C(=O)CN(c1ccccc1)S(=O)(=O)c1ccc(OC)c(OC)c1. The van der Waals surface area contributed by atoms with E-state index in [1.54, 1.807) is 30.3 Å². The van der Waals surface area contributed by atoms with E-state index >= 15 is 0 Å². The Morgan fingerprint density at radius 3 is 1.96 bits per heavy atom. The zero-order chi connectivity index (χ0) is 32.9. The number of para-hydroxylation sites is 1. The van der Waals surface area contributed by atoms with Gasteiger partial charge in [0, 0.05) is 25.6 Å². The molecule has 0 aliphatic rings. The molecule has 9 nitrogen and oxygen atoms in total. The van der Waals surface area contributed by atoms with E-state index in [2.05, 4.69) is 5.32 Å². The number of unbranched alkanes of at least 4 members (excludes halogenated alkanes) is 1. The van der Waals surface area contributed by atoms with Crippen LogP contribution >= 0.6 is 0 Å². The fraction of sp³-hybridized carbons (Fsp3) is 0.278. The van der Waals surface area contributed by atoms with Crippen LogP contribution in [0.4, 0.5) is 5.69 Å². The molecule has 2 amide bonds. The summed E-state index contributed by atoms with van der Waals surface area (Å²) in [5, 5.41) is 3.00. The molecule has 0 heterocycles. The van der Waals surface area contributed by atoms with Crippen molar-refractivity contribution < 1.29 is 27.5 Å². The number of hydrogen-bond donors (Lipinski definition) is 1. The van der Waals surface area contributed by atoms with Crippen molar-refractivity contribution in [3.05, 3.63) is 120 Å². The summed E-state index contributed by atoms with van der Waals surface area (Å²) in [6.07, 6.45) is 1.95. The van der Waals surface area contributed by atoms with Crippen LogP contribution in [0.2, 0.25) is 0 Å². The van der Waals surface area contributed by atoms with Gasteiger partial charge in [0.1, 0.15) is 12.6 Å². The minimum atomic E-state index is -4.29. The molecule has 46 heavy (non-hydrogen) atoms. The third-order valence-corrected chi connectivity index (χ3v) is 9.33. The van der Waals surface area contributed by atoms with E-state index in [9.17, 15) is 18.0 Å². The van der Waals surface area contributed by atoms with Crippen LogP contribution in [0.15, 0.2) is 114 Å². The van der Waals surface area contributed by atoms with Crippen LogP contribution in [0.25, 0.3) is 0 Å². The molecular weight excluding hydrogens is 602 g/mol. The smallest absolute Gasteiger partial charge is 0.264 e. The Morgan fingerprint density at radius 1 is 0.783 bits per heavy atom. The molecule has 0 spiro atoms. The number of hydrogen-bond acceptors (Lipinski definition) is 6. The van der Waals surface area contributed by atoms with E-state index < -0.39 is 28.5 Å². The maximum Gasteiger partial charge on any atom is 0.264 e. The molecule has 4 rings (SSSR count). The predicted molar refractivity (Wildman–Crippen MR) is 179 cm³/mol. The third-order valence-electron chi connectivity index (χ3n) is 7.56. The highest BCUT2D eigenvalue weighted by atomic mass is 32.2. The minimum Gasteiger partial charge on any atom is -0.493 e. The number of benzene rings is 4. The average Bonchev–Trinajstić information content (AvgIpc) is 3.09. The Morgan fingerprint density at radius 2 is 1.37 bits per heavy atom. The summed E-state index contributed by atoms with van der Waals surface area (Å²) in [5.74, 6) is -0.213. The number of nitrogens with one attached hydrogen (secondary N) is 1. The second-order valence-electron chi connectivity index (χ2n) is 10.7. The fourth-order valence-corrected chi connectivity index (χ4v) is 6.50. The van der Waals surface area contributed by atoms with E-state index in [4.69, 9.17) is 9.47 Å². The molecule has 1 N–H and O–H groups in total. The van der Waals surface area contributed by atoms with E-state index in [1.165, 1.54) is 37.3 Å². The first-order valence-corrected chi connectivity index (χ1v) is 16.7. The Hall–Kier alpha value is -4.83. The van der Waals surface area contributed by atoms with Crippen molar-refractivity contribution in [2.45, 2.75) is 43.7 Å². The van der Waals surface area contributed by atoms with Crippen LogP contribution in [0.1, 0.15) is 30.9 Å². The lowest BCUT2D eigenvalue weighted by atomic mass is 10.0. The quantitative estimate of drug-likeness (QED) is 0.163. The molecule has 242 valence electrons. The van der Waals surface area contributed by atoms with Crippen LogP contribution in [-0.2, 0) is 32.6 Å². The van der Waals surface area contributed by atoms with Crippen molar-refractivity contribution in [2.24, 2.45) is 0 Å². The van der Waals surface area contributed by atoms with Gasteiger partial charge in [-0.1, -0.05) is 92.2 Å². The molecule has 4 aromatic rings. The van der Waals surface area contributed by atoms with Gasteiger partial charge in [-0.25, -0.2) is 8.42 Å². The molecule has 10 heteroatoms. The van der Waals surface area contributed by atoms with Gasteiger partial charge in [0.2, 0.25) is 11.8 Å². The standard InChI is InChI=1S/C36H41N3O6S/c1-4-5-23-37-36(41)32(24-28-15-9-6-10-16-28)38(26-29-17-11-7-12-18-29)35(40)27-39(30-19-13-8-14-20-30)46(42,43)31-21-22-33(44-2)34(25-31)45-3/h6-22,25,32H,4-5,23-24,26-27H2,1-3H3,(H,37,41). The zero-order valence-corrected chi connectivity index (χ0v) is 27.3. The second kappa shape index (κ2) is 16.5. The Kier molecular flexibility index (Phi) is 12.2. The molecule has 0 radical (unpaired) electrons. The lowest BCUT2D eigenvalue weighted by Crippen LogP contribution is -2.53. The number of ether oxygens (including phenoxy) is 2. The molecule has 1 unspecified atom stereocenters. The Labute approximate surface area is 271 Å². The number of amides is 2. The highest BCUT2D eigenvalue weighted by Gasteiger charge is 2.35. The van der Waals surface area contributed by atoms with Crippen LogP contribution in [0.3, 0.4) is 0 Å². The van der Waals surface area contributed by atoms with Gasteiger partial charge >= 0.3 is 0 Å². The number of rotatable bonds is 16. The van der Waals surface area contributed by atoms with E-state index in [0.29, 0.717) is 18.0 Å². The molecule has 1 atom stereocenters. The largest absolute Gasteiger partial charge is 0.493 e. The molecule has 0 aliphatic carbocycles. The summed E-state index contributed by atoms with van der Waals surface area (Å²) in [5.41, 5.74) is 1.99. The molecule has 0 saturated carbocycles. The second-order valence-corrected chi connectivity index (χ2v) is 12.6. The van der Waals surface area contributed by atoms with Gasteiger partial charge < -0.3 is 19.7 Å². The molecule has 0 bridgehead atoms. The van der Waals surface area contributed by atoms with Crippen LogP contribution in [-0.4, -0.2) is 58.5 Å². The molecule has 0 fully saturated rings. The first-order chi connectivity index (χ1) is 22.3. The predicted octanol–water partition coefficient (Wildman–Crippen LogP) is 5.46. The van der Waals surface area contributed by atoms with Crippen molar-refractivity contribution in [3.8, 4) is 11.5 Å². The first kappa shape index (κ1) is 34.1. The van der Waals surface area contributed by atoms with Gasteiger partial charge in [0.15, 0.2) is 11.5 Å². The van der Waals surface area contributed by atoms with Gasteiger partial charge in [-0.2, -0.15) is 0 Å². The number of carbonyl (C=O) groups excluding carboxylic acids is 2. The molecule has 4 aromatic carbocycles. The van der Waals surface area contributed by atoms with Crippen LogP contribution in [0, 0.1) is 0 Å². The van der Waals surface area contributed by atoms with Gasteiger partial charge in [-0.3, -0.25) is 13.9 Å². The van der Waals surface area contributed by atoms with Crippen molar-refractivity contribution in [1.29, 1.82) is 0 Å². The van der Waals surface area contributed by atoms with Gasteiger partial charge in [-0.05, 0) is 41.8 Å². The number of methoxy groups -OCH3 is 2. The Balaban J connectivity index is 1.78. The number of carbonyl (C=O) groups is 2. The van der Waals surface area contributed by atoms with E-state index in [1.807, 2.05) is 67.6 Å². The molecule has 0 aromatic heterocycles. The summed E-state index contributed by atoms with van der Waals surface area (Å²) in [6.45, 7) is 2.08. The normalized spacial score (nSPS) is 11.7. The van der Waals surface area contributed by atoms with Crippen LogP contribution in [0.5, 0.6) is 11.5 Å². The lowest BCUT2D eigenvalue weighted by molar-refractivity contribution is -0.140. The topological polar surface area (TPSA) is 105 Å². The first-order valence-electron chi connectivity index (χ1n) is 15.2. The van der Waals surface area contributed by atoms with Gasteiger partial charge in [-0.15, -0.1) is 0 Å². The third kappa shape index (κ3) is 8.66. The molecular formula is C36H41N3O6S. The fourth-order valence-electron chi connectivity index (χ4n) is 5.07. The van der Waals surface area contributed by atoms with Crippen molar-refractivity contribution in [3.63, 3.8) is 0 Å². The molecule has 0 aliphatic heterocycles. The summed E-state index contributed by atoms with van der Waals surface area (Å²) >= 11 is 0. The number of nitrogens with zero attached hydrogens (tertiary/aromatic N) is 2. The number of sulfonamides is 1. The van der Waals surface area contributed by atoms with Gasteiger partial charge in [0.05, 0.1) is 24.8 Å². The van der Waals surface area contributed by atoms with Crippen molar-refractivity contribution >= 4 is 27.5 Å². The van der Waals surface area contributed by atoms with Crippen molar-refractivity contribution in [2.75, 3.05) is 31.6 Å². The maximum atomic E-state index is 14.5. The summed E-state index contributed by atoms with van der Waals surface area (Å²) in [4.78, 5) is 29.7. The summed E-state index contributed by atoms with van der Waals surface area (Å²) in [7, 11) is -1.40. The molecule has 0 saturated heterocycles. The van der Waals surface area contributed by atoms with Gasteiger partial charge in [0.25, 0.3) is 10.0 Å². The minimum absolute atomic E-state index is 0.0745. The van der Waals surface area contributed by atoms with E-state index in [-0.39, 0.29) is 29.5 Å². The zero-order valence-electron chi connectivity index (χ0n) is 26.5. The maximum absolute atomic E-state index is 14.5. The number of anilines is 1. The monoisotopic (exact) mass is 643 g/mol. The summed E-state index contributed by atoms with van der Waals surface area (Å²) < 4.78 is 40.3. The van der Waals surface area contributed by atoms with Crippen LogP contribution < -0.4 is 19.1 Å². The van der Waals surface area contributed by atoms with Crippen molar-refractivity contribution in [1.82, 2.24) is 10.2 Å². The van der Waals surface area contributed by atoms with E-state index in [0.717, 1.165) is 28.3 Å². The average molecular weight is 644 g/mol. The summed E-state index contributed by atoms with van der Waals surface area (Å²) in [6, 6.07) is 30.7. The Bertz CT molecular complexity index is 1670.